The van der Waals surface area contributed by atoms with E-state index in [-0.39, 0.29) is 22.4 Å². The van der Waals surface area contributed by atoms with Gasteiger partial charge in [-0.25, -0.2) is 4.98 Å². The van der Waals surface area contributed by atoms with Crippen LogP contribution in [0.15, 0.2) is 36.5 Å². The van der Waals surface area contributed by atoms with E-state index in [0.717, 1.165) is 0 Å². The molecule has 1 N–H and O–H groups in total. The van der Waals surface area contributed by atoms with Crippen LogP contribution in [0.5, 0.6) is 0 Å². The lowest BCUT2D eigenvalue weighted by molar-refractivity contribution is -0.134. The van der Waals surface area contributed by atoms with Gasteiger partial charge in [-0.3, -0.25) is 9.59 Å². The topological polar surface area (TPSA) is 89.3 Å². The molecule has 1 aromatic heterocycles. The number of aromatic nitrogens is 1. The number of benzene rings is 1. The molecule has 32 heavy (non-hydrogen) atoms. The van der Waals surface area contributed by atoms with Gasteiger partial charge < -0.3 is 15.1 Å². The highest BCUT2D eigenvalue weighted by Gasteiger charge is 2.30. The zero-order chi connectivity index (χ0) is 23.3. The third-order valence-corrected chi connectivity index (χ3v) is 5.83. The molecule has 7 nitrogen and oxygen atoms in total. The van der Waals surface area contributed by atoms with Crippen LogP contribution in [-0.2, 0) is 4.79 Å². The fourth-order valence-corrected chi connectivity index (χ4v) is 4.19. The number of rotatable bonds is 6. The van der Waals surface area contributed by atoms with Crippen molar-refractivity contribution in [1.82, 2.24) is 15.2 Å². The van der Waals surface area contributed by atoms with Crippen LogP contribution in [0.1, 0.15) is 36.2 Å². The Hall–Kier alpha value is -2.82. The number of hydrogen-bond acceptors (Lipinski definition) is 5. The van der Waals surface area contributed by atoms with Gasteiger partial charge in [-0.15, -0.1) is 0 Å². The maximum atomic E-state index is 13.3. The molecule has 0 bridgehead atoms. The van der Waals surface area contributed by atoms with E-state index in [4.69, 9.17) is 23.2 Å². The van der Waals surface area contributed by atoms with E-state index >= 15 is 0 Å². The summed E-state index contributed by atoms with van der Waals surface area (Å²) in [5.41, 5.74) is 0.790. The van der Waals surface area contributed by atoms with Crippen molar-refractivity contribution in [3.63, 3.8) is 0 Å². The Labute approximate surface area is 197 Å². The van der Waals surface area contributed by atoms with Gasteiger partial charge in [0, 0.05) is 37.4 Å². The Balaban J connectivity index is 1.68. The van der Waals surface area contributed by atoms with Crippen LogP contribution in [0, 0.1) is 17.2 Å². The molecule has 168 valence electrons. The number of carbonyl (C=O) groups excluding carboxylic acids is 2. The molecular formula is C23H25Cl2N5O2. The van der Waals surface area contributed by atoms with Crippen LogP contribution in [0.3, 0.4) is 0 Å². The summed E-state index contributed by atoms with van der Waals surface area (Å²) < 4.78 is 0. The molecule has 1 saturated heterocycles. The summed E-state index contributed by atoms with van der Waals surface area (Å²) >= 11 is 12.1. The van der Waals surface area contributed by atoms with Gasteiger partial charge in [0.25, 0.3) is 5.91 Å². The minimum Gasteiger partial charge on any atom is -0.352 e. The zero-order valence-corrected chi connectivity index (χ0v) is 19.5. The van der Waals surface area contributed by atoms with Crippen LogP contribution in [0.4, 0.5) is 5.82 Å². The Morgan fingerprint density at radius 1 is 1.19 bits per heavy atom. The monoisotopic (exact) mass is 473 g/mol. The van der Waals surface area contributed by atoms with E-state index in [1.165, 1.54) is 6.07 Å². The van der Waals surface area contributed by atoms with Crippen molar-refractivity contribution in [3.8, 4) is 6.07 Å². The molecule has 1 aliphatic rings. The van der Waals surface area contributed by atoms with E-state index < -0.39 is 11.9 Å². The van der Waals surface area contributed by atoms with Crippen LogP contribution in [0.25, 0.3) is 0 Å². The van der Waals surface area contributed by atoms with Gasteiger partial charge in [0.15, 0.2) is 0 Å². The fourth-order valence-electron chi connectivity index (χ4n) is 3.70. The molecule has 9 heteroatoms. The molecule has 1 aliphatic heterocycles. The quantitative estimate of drug-likeness (QED) is 0.689. The largest absolute Gasteiger partial charge is 0.352 e. The second-order valence-corrected chi connectivity index (χ2v) is 8.92. The van der Waals surface area contributed by atoms with Crippen LogP contribution < -0.4 is 10.2 Å². The molecule has 2 amide bonds. The standard InChI is InChI=1S/C23H25Cl2N5O2/c1-15(2)12-20(28-22(31)18-6-5-17(24)13-19(18)25)23(32)30-10-8-29(9-11-30)21-16(14-26)4-3-7-27-21/h3-7,13,15,20H,8-12H2,1-2H3,(H,28,31). The Bertz CT molecular complexity index is 1030. The van der Waals surface area contributed by atoms with Crippen molar-refractivity contribution in [2.24, 2.45) is 5.92 Å². The Morgan fingerprint density at radius 3 is 2.53 bits per heavy atom. The molecule has 0 radical (unpaired) electrons. The minimum absolute atomic E-state index is 0.127. The highest BCUT2D eigenvalue weighted by Crippen LogP contribution is 2.22. The van der Waals surface area contributed by atoms with Gasteiger partial charge in [-0.1, -0.05) is 37.0 Å². The van der Waals surface area contributed by atoms with Gasteiger partial charge in [0.05, 0.1) is 16.1 Å². The molecule has 1 aromatic carbocycles. The van der Waals surface area contributed by atoms with E-state index in [2.05, 4.69) is 16.4 Å². The molecule has 0 aliphatic carbocycles. The van der Waals surface area contributed by atoms with Crippen LogP contribution in [-0.4, -0.2) is 53.9 Å². The van der Waals surface area contributed by atoms with Crippen molar-refractivity contribution >= 4 is 40.8 Å². The molecule has 3 rings (SSSR count). The number of carbonyl (C=O) groups is 2. The average molecular weight is 474 g/mol. The molecule has 2 heterocycles. The van der Waals surface area contributed by atoms with Crippen molar-refractivity contribution in [2.75, 3.05) is 31.1 Å². The van der Waals surface area contributed by atoms with Gasteiger partial charge in [-0.05, 0) is 42.7 Å². The summed E-state index contributed by atoms with van der Waals surface area (Å²) in [7, 11) is 0. The lowest BCUT2D eigenvalue weighted by atomic mass is 10.0. The van der Waals surface area contributed by atoms with Crippen LogP contribution in [0.2, 0.25) is 10.0 Å². The maximum absolute atomic E-state index is 13.3. The van der Waals surface area contributed by atoms with Gasteiger partial charge in [0.1, 0.15) is 17.9 Å². The summed E-state index contributed by atoms with van der Waals surface area (Å²) in [6, 6.07) is 9.61. The smallest absolute Gasteiger partial charge is 0.253 e. The highest BCUT2D eigenvalue weighted by molar-refractivity contribution is 6.36. The highest BCUT2D eigenvalue weighted by atomic mass is 35.5. The van der Waals surface area contributed by atoms with Crippen LogP contribution >= 0.6 is 23.2 Å². The molecule has 1 atom stereocenters. The molecular weight excluding hydrogens is 449 g/mol. The van der Waals surface area contributed by atoms with E-state index in [1.54, 1.807) is 35.4 Å². The van der Waals surface area contributed by atoms with Gasteiger partial charge >= 0.3 is 0 Å². The number of nitrogens with zero attached hydrogens (tertiary/aromatic N) is 4. The lowest BCUT2D eigenvalue weighted by Gasteiger charge is -2.37. The van der Waals surface area contributed by atoms with Gasteiger partial charge in [0.2, 0.25) is 5.91 Å². The van der Waals surface area contributed by atoms with E-state index in [1.807, 2.05) is 18.7 Å². The Morgan fingerprint density at radius 2 is 1.91 bits per heavy atom. The summed E-state index contributed by atoms with van der Waals surface area (Å²) in [6.45, 7) is 6.08. The van der Waals surface area contributed by atoms with E-state index in [9.17, 15) is 14.9 Å². The number of hydrogen-bond donors (Lipinski definition) is 1. The average Bonchev–Trinajstić information content (AvgIpc) is 2.77. The van der Waals surface area contributed by atoms with Crippen molar-refractivity contribution in [2.45, 2.75) is 26.3 Å². The van der Waals surface area contributed by atoms with Gasteiger partial charge in [-0.2, -0.15) is 5.26 Å². The zero-order valence-electron chi connectivity index (χ0n) is 18.0. The first kappa shape index (κ1) is 23.8. The first-order valence-corrected chi connectivity index (χ1v) is 11.2. The Kier molecular flexibility index (Phi) is 7.94. The number of anilines is 1. The number of amides is 2. The molecule has 1 unspecified atom stereocenters. The molecule has 2 aromatic rings. The second kappa shape index (κ2) is 10.7. The second-order valence-electron chi connectivity index (χ2n) is 8.08. The predicted molar refractivity (Wildman–Crippen MR) is 125 cm³/mol. The normalized spacial score (nSPS) is 14.8. The van der Waals surface area contributed by atoms with Crippen molar-refractivity contribution < 1.29 is 9.59 Å². The van der Waals surface area contributed by atoms with E-state index in [0.29, 0.717) is 49.0 Å². The predicted octanol–water partition coefficient (Wildman–Crippen LogP) is 3.75. The molecule has 1 fully saturated rings. The van der Waals surface area contributed by atoms with Crippen molar-refractivity contribution in [1.29, 1.82) is 5.26 Å². The summed E-state index contributed by atoms with van der Waals surface area (Å²) in [5.74, 6) is 0.305. The summed E-state index contributed by atoms with van der Waals surface area (Å²) in [4.78, 5) is 34.2. The summed E-state index contributed by atoms with van der Waals surface area (Å²) in [6.07, 6.45) is 2.17. The lowest BCUT2D eigenvalue weighted by Crippen LogP contribution is -2.55. The molecule has 0 spiro atoms. The first-order chi connectivity index (χ1) is 15.3. The third kappa shape index (κ3) is 5.70. The minimum atomic E-state index is -0.662. The number of nitrogens with one attached hydrogen (secondary N) is 1. The fraction of sp³-hybridized carbons (Fsp3) is 0.391. The third-order valence-electron chi connectivity index (χ3n) is 5.28. The maximum Gasteiger partial charge on any atom is 0.253 e. The SMILES string of the molecule is CC(C)CC(NC(=O)c1ccc(Cl)cc1Cl)C(=O)N1CCN(c2ncccc2C#N)CC1. The van der Waals surface area contributed by atoms with Crippen molar-refractivity contribution in [3.05, 3.63) is 57.7 Å². The summed E-state index contributed by atoms with van der Waals surface area (Å²) in [5, 5.41) is 12.9. The number of halogens is 2. The number of pyridine rings is 1. The first-order valence-electron chi connectivity index (χ1n) is 10.4. The molecule has 0 saturated carbocycles. The number of nitriles is 1. The number of piperazine rings is 1.